The quantitative estimate of drug-likeness (QED) is 0.834. The molecule has 128 valence electrons. The first-order valence-corrected chi connectivity index (χ1v) is 11.3. The number of piperidine rings is 1. The third-order valence-corrected chi connectivity index (χ3v) is 7.77. The summed E-state index contributed by atoms with van der Waals surface area (Å²) in [5.41, 5.74) is 0. The Bertz CT molecular complexity index is 610. The molecule has 0 N–H and O–H groups in total. The zero-order chi connectivity index (χ0) is 16.3. The van der Waals surface area contributed by atoms with Crippen LogP contribution in [0.2, 0.25) is 0 Å². The van der Waals surface area contributed by atoms with Crippen LogP contribution in [0.1, 0.15) is 43.4 Å². The first-order valence-electron chi connectivity index (χ1n) is 8.58. The van der Waals surface area contributed by atoms with Crippen molar-refractivity contribution in [1.29, 1.82) is 0 Å². The fourth-order valence-corrected chi connectivity index (χ4v) is 5.94. The standard InChI is InChI=1S/C17H25NO3S2/c19-17(14-8-12-23(20,21)13-9-14)18-10-2-1-4-15(18)6-7-16-5-3-11-22-16/h3,5,11,14-15H,1-2,4,6-10,12-13H2/t15-/m1/s1. The summed E-state index contributed by atoms with van der Waals surface area (Å²) < 4.78 is 23.1. The Labute approximate surface area is 142 Å². The zero-order valence-electron chi connectivity index (χ0n) is 13.4. The molecule has 2 fully saturated rings. The van der Waals surface area contributed by atoms with E-state index in [4.69, 9.17) is 0 Å². The fraction of sp³-hybridized carbons (Fsp3) is 0.706. The summed E-state index contributed by atoms with van der Waals surface area (Å²) in [7, 11) is -2.90. The van der Waals surface area contributed by atoms with E-state index in [9.17, 15) is 13.2 Å². The maximum Gasteiger partial charge on any atom is 0.225 e. The molecule has 3 rings (SSSR count). The first kappa shape index (κ1) is 17.0. The van der Waals surface area contributed by atoms with Crippen LogP contribution >= 0.6 is 11.3 Å². The van der Waals surface area contributed by atoms with Gasteiger partial charge in [-0.15, -0.1) is 11.3 Å². The van der Waals surface area contributed by atoms with Gasteiger partial charge < -0.3 is 4.90 Å². The van der Waals surface area contributed by atoms with Crippen LogP contribution in [0, 0.1) is 5.92 Å². The van der Waals surface area contributed by atoms with Crippen molar-refractivity contribution in [2.24, 2.45) is 5.92 Å². The van der Waals surface area contributed by atoms with Gasteiger partial charge >= 0.3 is 0 Å². The van der Waals surface area contributed by atoms with Gasteiger partial charge in [-0.25, -0.2) is 8.42 Å². The molecular formula is C17H25NO3S2. The van der Waals surface area contributed by atoms with Gasteiger partial charge in [0.1, 0.15) is 9.84 Å². The Balaban J connectivity index is 1.60. The highest BCUT2D eigenvalue weighted by atomic mass is 32.2. The van der Waals surface area contributed by atoms with Gasteiger partial charge in [0.05, 0.1) is 11.5 Å². The van der Waals surface area contributed by atoms with E-state index < -0.39 is 9.84 Å². The highest BCUT2D eigenvalue weighted by Gasteiger charge is 2.34. The molecule has 0 radical (unpaired) electrons. The molecule has 0 saturated carbocycles. The van der Waals surface area contributed by atoms with Gasteiger partial charge in [-0.05, 0) is 56.4 Å². The van der Waals surface area contributed by atoms with Crippen LogP contribution in [-0.4, -0.2) is 43.3 Å². The number of carbonyl (C=O) groups excluding carboxylic acids is 1. The lowest BCUT2D eigenvalue weighted by Crippen LogP contribution is -2.48. The van der Waals surface area contributed by atoms with Gasteiger partial charge in [0.15, 0.2) is 0 Å². The van der Waals surface area contributed by atoms with Crippen molar-refractivity contribution >= 4 is 27.1 Å². The molecule has 0 aliphatic carbocycles. The molecule has 1 aromatic rings. The van der Waals surface area contributed by atoms with Crippen molar-refractivity contribution in [3.8, 4) is 0 Å². The second-order valence-electron chi connectivity index (χ2n) is 6.73. The summed E-state index contributed by atoms with van der Waals surface area (Å²) in [6.45, 7) is 0.844. The lowest BCUT2D eigenvalue weighted by Gasteiger charge is -2.38. The van der Waals surface area contributed by atoms with Crippen LogP contribution in [0.15, 0.2) is 17.5 Å². The lowest BCUT2D eigenvalue weighted by molar-refractivity contribution is -0.139. The second kappa shape index (κ2) is 7.34. The number of likely N-dealkylation sites (tertiary alicyclic amines) is 1. The molecule has 0 aromatic carbocycles. The summed E-state index contributed by atoms with van der Waals surface area (Å²) >= 11 is 1.78. The highest BCUT2D eigenvalue weighted by molar-refractivity contribution is 7.91. The van der Waals surface area contributed by atoms with Crippen molar-refractivity contribution < 1.29 is 13.2 Å². The van der Waals surface area contributed by atoms with Gasteiger partial charge in [-0.2, -0.15) is 0 Å². The molecule has 2 aliphatic rings. The topological polar surface area (TPSA) is 54.5 Å². The summed E-state index contributed by atoms with van der Waals surface area (Å²) in [4.78, 5) is 16.3. The van der Waals surface area contributed by atoms with E-state index in [2.05, 4.69) is 22.4 Å². The molecule has 1 aromatic heterocycles. The molecule has 0 bridgehead atoms. The predicted octanol–water partition coefficient (Wildman–Crippen LogP) is 2.89. The minimum absolute atomic E-state index is 0.0825. The number of carbonyl (C=O) groups is 1. The Morgan fingerprint density at radius 3 is 2.70 bits per heavy atom. The van der Waals surface area contributed by atoms with E-state index >= 15 is 0 Å². The number of aryl methyl sites for hydroxylation is 1. The van der Waals surface area contributed by atoms with Gasteiger partial charge in [0.2, 0.25) is 5.91 Å². The van der Waals surface area contributed by atoms with Crippen molar-refractivity contribution in [2.45, 2.75) is 51.0 Å². The van der Waals surface area contributed by atoms with Crippen molar-refractivity contribution in [3.05, 3.63) is 22.4 Å². The molecule has 3 heterocycles. The van der Waals surface area contributed by atoms with E-state index in [1.165, 1.54) is 11.3 Å². The minimum Gasteiger partial charge on any atom is -0.339 e. The number of nitrogens with zero attached hydrogens (tertiary/aromatic N) is 1. The highest BCUT2D eigenvalue weighted by Crippen LogP contribution is 2.28. The number of hydrogen-bond donors (Lipinski definition) is 0. The van der Waals surface area contributed by atoms with Crippen LogP contribution < -0.4 is 0 Å². The fourth-order valence-electron chi connectivity index (χ4n) is 3.73. The molecule has 4 nitrogen and oxygen atoms in total. The Hall–Kier alpha value is -0.880. The average molecular weight is 356 g/mol. The van der Waals surface area contributed by atoms with Crippen LogP contribution in [-0.2, 0) is 21.1 Å². The summed E-state index contributed by atoms with van der Waals surface area (Å²) in [6.07, 6.45) is 6.43. The maximum atomic E-state index is 12.9. The number of amides is 1. The van der Waals surface area contributed by atoms with Crippen LogP contribution in [0.5, 0.6) is 0 Å². The SMILES string of the molecule is O=C(C1CCS(=O)(=O)CC1)N1CCCC[C@@H]1CCc1cccs1. The monoisotopic (exact) mass is 355 g/mol. The van der Waals surface area contributed by atoms with Crippen LogP contribution in [0.3, 0.4) is 0 Å². The van der Waals surface area contributed by atoms with Gasteiger partial charge in [-0.3, -0.25) is 4.79 Å². The number of sulfone groups is 1. The van der Waals surface area contributed by atoms with Crippen LogP contribution in [0.4, 0.5) is 0 Å². The van der Waals surface area contributed by atoms with Gasteiger partial charge in [0.25, 0.3) is 0 Å². The van der Waals surface area contributed by atoms with Crippen molar-refractivity contribution in [3.63, 3.8) is 0 Å². The van der Waals surface area contributed by atoms with E-state index in [1.807, 2.05) is 0 Å². The van der Waals surface area contributed by atoms with E-state index in [0.29, 0.717) is 18.9 Å². The normalized spacial score (nSPS) is 25.4. The first-order chi connectivity index (χ1) is 11.1. The predicted molar refractivity (Wildman–Crippen MR) is 93.4 cm³/mol. The van der Waals surface area contributed by atoms with E-state index in [0.717, 1.165) is 32.2 Å². The summed E-state index contributed by atoms with van der Waals surface area (Å²) in [5, 5.41) is 2.10. The van der Waals surface area contributed by atoms with Gasteiger partial charge in [-0.1, -0.05) is 6.07 Å². The third-order valence-electron chi connectivity index (χ3n) is 5.12. The Morgan fingerprint density at radius 1 is 1.22 bits per heavy atom. The number of hydrogen-bond acceptors (Lipinski definition) is 4. The number of rotatable bonds is 4. The van der Waals surface area contributed by atoms with E-state index in [1.54, 1.807) is 11.3 Å². The Kier molecular flexibility index (Phi) is 5.42. The molecule has 23 heavy (non-hydrogen) atoms. The molecule has 0 spiro atoms. The van der Waals surface area contributed by atoms with Crippen molar-refractivity contribution in [1.82, 2.24) is 4.90 Å². The molecule has 2 aliphatic heterocycles. The van der Waals surface area contributed by atoms with E-state index in [-0.39, 0.29) is 23.3 Å². The lowest BCUT2D eigenvalue weighted by atomic mass is 9.93. The molecule has 0 unspecified atom stereocenters. The smallest absolute Gasteiger partial charge is 0.225 e. The molecular weight excluding hydrogens is 330 g/mol. The summed E-state index contributed by atoms with van der Waals surface area (Å²) in [5.74, 6) is 0.477. The third kappa shape index (κ3) is 4.35. The summed E-state index contributed by atoms with van der Waals surface area (Å²) in [6, 6.07) is 4.56. The maximum absolute atomic E-state index is 12.9. The van der Waals surface area contributed by atoms with Crippen LogP contribution in [0.25, 0.3) is 0 Å². The molecule has 2 saturated heterocycles. The molecule has 1 atom stereocenters. The second-order valence-corrected chi connectivity index (χ2v) is 10.1. The van der Waals surface area contributed by atoms with Gasteiger partial charge in [0, 0.05) is 23.4 Å². The van der Waals surface area contributed by atoms with Crippen molar-refractivity contribution in [2.75, 3.05) is 18.1 Å². The number of thiophene rings is 1. The molecule has 6 heteroatoms. The average Bonchev–Trinajstić information content (AvgIpc) is 3.06. The minimum atomic E-state index is -2.90. The zero-order valence-corrected chi connectivity index (χ0v) is 15.1. The largest absolute Gasteiger partial charge is 0.339 e. The molecule has 1 amide bonds. The Morgan fingerprint density at radius 2 is 2.00 bits per heavy atom.